The van der Waals surface area contributed by atoms with E-state index in [1.165, 1.54) is 5.56 Å². The minimum Gasteiger partial charge on any atom is -0.441 e. The molecule has 4 rings (SSSR count). The second-order valence-corrected chi connectivity index (χ2v) is 8.44. The van der Waals surface area contributed by atoms with Crippen molar-refractivity contribution >= 4 is 5.91 Å². The molecule has 1 unspecified atom stereocenters. The van der Waals surface area contributed by atoms with Crippen molar-refractivity contribution in [3.63, 3.8) is 0 Å². The molecule has 1 N–H and O–H groups in total. The van der Waals surface area contributed by atoms with Gasteiger partial charge in [0.15, 0.2) is 0 Å². The van der Waals surface area contributed by atoms with Gasteiger partial charge in [0, 0.05) is 25.2 Å². The number of carbonyl (C=O) groups excluding carboxylic acids is 1. The number of aromatic nitrogens is 1. The van der Waals surface area contributed by atoms with Crippen molar-refractivity contribution in [2.24, 2.45) is 5.92 Å². The highest BCUT2D eigenvalue weighted by atomic mass is 16.4. The van der Waals surface area contributed by atoms with Crippen molar-refractivity contribution in [2.75, 3.05) is 19.6 Å². The van der Waals surface area contributed by atoms with Gasteiger partial charge in [-0.3, -0.25) is 9.69 Å². The molecular weight excluding hydrogens is 386 g/mol. The first-order valence-electron chi connectivity index (χ1n) is 11.2. The van der Waals surface area contributed by atoms with Crippen LogP contribution in [0.25, 0.3) is 11.5 Å². The van der Waals surface area contributed by atoms with Gasteiger partial charge in [0.25, 0.3) is 0 Å². The van der Waals surface area contributed by atoms with E-state index in [-0.39, 0.29) is 11.8 Å². The molecule has 1 aromatic heterocycles. The van der Waals surface area contributed by atoms with Crippen LogP contribution in [0.3, 0.4) is 0 Å². The average molecular weight is 418 g/mol. The van der Waals surface area contributed by atoms with Crippen molar-refractivity contribution in [1.82, 2.24) is 15.2 Å². The molecule has 1 saturated heterocycles. The second kappa shape index (κ2) is 9.92. The van der Waals surface area contributed by atoms with E-state index in [2.05, 4.69) is 35.3 Å². The zero-order valence-corrected chi connectivity index (χ0v) is 18.4. The number of benzene rings is 2. The van der Waals surface area contributed by atoms with Crippen molar-refractivity contribution in [3.8, 4) is 11.5 Å². The molecule has 1 atom stereocenters. The summed E-state index contributed by atoms with van der Waals surface area (Å²) in [4.78, 5) is 19.8. The Bertz CT molecular complexity index is 1010. The summed E-state index contributed by atoms with van der Waals surface area (Å²) in [6.45, 7) is 7.20. The van der Waals surface area contributed by atoms with Gasteiger partial charge in [-0.25, -0.2) is 4.98 Å². The van der Waals surface area contributed by atoms with E-state index in [1.807, 2.05) is 43.3 Å². The summed E-state index contributed by atoms with van der Waals surface area (Å²) >= 11 is 0. The third-order valence-electron chi connectivity index (χ3n) is 6.07. The number of aryl methyl sites for hydroxylation is 2. The van der Waals surface area contributed by atoms with Crippen LogP contribution in [0.2, 0.25) is 0 Å². The van der Waals surface area contributed by atoms with E-state index in [9.17, 15) is 4.79 Å². The number of hydrogen-bond donors (Lipinski definition) is 1. The maximum absolute atomic E-state index is 12.7. The molecular formula is C26H31N3O2. The number of amides is 1. The highest BCUT2D eigenvalue weighted by Crippen LogP contribution is 2.26. The van der Waals surface area contributed by atoms with Gasteiger partial charge in [0.05, 0.1) is 11.6 Å². The smallest absolute Gasteiger partial charge is 0.226 e. The van der Waals surface area contributed by atoms with Crippen LogP contribution in [0.5, 0.6) is 0 Å². The lowest BCUT2D eigenvalue weighted by atomic mass is 9.97. The predicted molar refractivity (Wildman–Crippen MR) is 123 cm³/mol. The lowest BCUT2D eigenvalue weighted by Crippen LogP contribution is -2.43. The van der Waals surface area contributed by atoms with Crippen LogP contribution in [-0.4, -0.2) is 35.4 Å². The number of likely N-dealkylation sites (tertiary alicyclic amines) is 1. The summed E-state index contributed by atoms with van der Waals surface area (Å²) in [5.74, 6) is 1.73. The fourth-order valence-electron chi connectivity index (χ4n) is 4.25. The molecule has 0 radical (unpaired) electrons. The molecule has 5 heteroatoms. The van der Waals surface area contributed by atoms with Gasteiger partial charge < -0.3 is 9.73 Å². The topological polar surface area (TPSA) is 58.4 Å². The van der Waals surface area contributed by atoms with Crippen molar-refractivity contribution in [3.05, 3.63) is 77.2 Å². The van der Waals surface area contributed by atoms with Crippen LogP contribution in [0.4, 0.5) is 0 Å². The summed E-state index contributed by atoms with van der Waals surface area (Å²) in [6, 6.07) is 18.4. The molecule has 1 aliphatic rings. The quantitative estimate of drug-likeness (QED) is 0.614. The summed E-state index contributed by atoms with van der Waals surface area (Å²) in [5, 5.41) is 3.13. The first-order chi connectivity index (χ1) is 15.1. The Morgan fingerprint density at radius 1 is 1.13 bits per heavy atom. The molecule has 5 nitrogen and oxygen atoms in total. The normalized spacial score (nSPS) is 16.9. The number of nitrogens with zero attached hydrogens (tertiary/aromatic N) is 2. The first-order valence-corrected chi connectivity index (χ1v) is 11.2. The van der Waals surface area contributed by atoms with E-state index in [1.54, 1.807) is 0 Å². The maximum atomic E-state index is 12.7. The van der Waals surface area contributed by atoms with Gasteiger partial charge in [-0.2, -0.15) is 0 Å². The van der Waals surface area contributed by atoms with Crippen molar-refractivity contribution in [1.29, 1.82) is 0 Å². The number of carbonyl (C=O) groups is 1. The van der Waals surface area contributed by atoms with Gasteiger partial charge in [-0.1, -0.05) is 48.5 Å². The zero-order chi connectivity index (χ0) is 21.6. The minimum atomic E-state index is 0.0348. The summed E-state index contributed by atoms with van der Waals surface area (Å²) < 4.78 is 5.98. The Hall–Kier alpha value is -2.92. The number of nitrogens with one attached hydrogen (secondary N) is 1. The van der Waals surface area contributed by atoms with Crippen LogP contribution in [0, 0.1) is 19.8 Å². The summed E-state index contributed by atoms with van der Waals surface area (Å²) in [5.41, 5.74) is 4.40. The lowest BCUT2D eigenvalue weighted by Gasteiger charge is -2.31. The third kappa shape index (κ3) is 5.42. The average Bonchev–Trinajstić information content (AvgIpc) is 3.15. The zero-order valence-electron chi connectivity index (χ0n) is 18.4. The van der Waals surface area contributed by atoms with Crippen molar-refractivity contribution < 1.29 is 9.21 Å². The molecule has 0 spiro atoms. The molecule has 162 valence electrons. The molecule has 3 aromatic rings. The van der Waals surface area contributed by atoms with Gasteiger partial charge in [0.2, 0.25) is 11.8 Å². The molecule has 0 saturated carbocycles. The monoisotopic (exact) mass is 417 g/mol. The number of rotatable bonds is 7. The highest BCUT2D eigenvalue weighted by molar-refractivity contribution is 5.79. The molecule has 1 aliphatic heterocycles. The number of hydrogen-bond acceptors (Lipinski definition) is 4. The Balaban J connectivity index is 1.33. The predicted octanol–water partition coefficient (Wildman–Crippen LogP) is 4.53. The summed E-state index contributed by atoms with van der Waals surface area (Å²) in [6.07, 6.45) is 2.83. The van der Waals surface area contributed by atoms with Crippen LogP contribution in [0.15, 0.2) is 59.0 Å². The van der Waals surface area contributed by atoms with Crippen LogP contribution < -0.4 is 5.32 Å². The SMILES string of the molecule is Cc1ccccc1-c1nc(CN2CCCC(C(=O)NCCc3ccccc3)C2)c(C)o1. The minimum absolute atomic E-state index is 0.0348. The van der Waals surface area contributed by atoms with Crippen LogP contribution >= 0.6 is 0 Å². The standard InChI is InChI=1S/C26H31N3O2/c1-19-9-6-7-13-23(19)26-28-24(20(2)31-26)18-29-16-8-12-22(17-29)25(30)27-15-14-21-10-4-3-5-11-21/h3-7,9-11,13,22H,8,12,14-18H2,1-2H3,(H,27,30). The maximum Gasteiger partial charge on any atom is 0.226 e. The van der Waals surface area contributed by atoms with Crippen LogP contribution in [-0.2, 0) is 17.8 Å². The van der Waals surface area contributed by atoms with Gasteiger partial charge in [0.1, 0.15) is 5.76 Å². The van der Waals surface area contributed by atoms with E-state index in [4.69, 9.17) is 9.40 Å². The Morgan fingerprint density at radius 2 is 1.90 bits per heavy atom. The van der Waals surface area contributed by atoms with Crippen LogP contribution in [0.1, 0.15) is 35.4 Å². The Kier molecular flexibility index (Phi) is 6.82. The molecule has 31 heavy (non-hydrogen) atoms. The highest BCUT2D eigenvalue weighted by Gasteiger charge is 2.27. The van der Waals surface area contributed by atoms with E-state index in [0.29, 0.717) is 12.4 Å². The Morgan fingerprint density at radius 3 is 2.71 bits per heavy atom. The fourth-order valence-corrected chi connectivity index (χ4v) is 4.25. The first kappa shape index (κ1) is 21.3. The second-order valence-electron chi connectivity index (χ2n) is 8.44. The molecule has 1 amide bonds. The Labute approximate surface area is 184 Å². The number of oxazole rings is 1. The third-order valence-corrected chi connectivity index (χ3v) is 6.07. The van der Waals surface area contributed by atoms with E-state index in [0.717, 1.165) is 61.5 Å². The molecule has 0 bridgehead atoms. The molecule has 2 aromatic carbocycles. The molecule has 1 fully saturated rings. The molecule has 0 aliphatic carbocycles. The number of piperidine rings is 1. The fraction of sp³-hybridized carbons (Fsp3) is 0.385. The molecule has 2 heterocycles. The van der Waals surface area contributed by atoms with Gasteiger partial charge in [-0.05, 0) is 56.8 Å². The van der Waals surface area contributed by atoms with E-state index >= 15 is 0 Å². The van der Waals surface area contributed by atoms with E-state index < -0.39 is 0 Å². The van der Waals surface area contributed by atoms with Crippen molar-refractivity contribution in [2.45, 2.75) is 39.7 Å². The lowest BCUT2D eigenvalue weighted by molar-refractivity contribution is -0.126. The summed E-state index contributed by atoms with van der Waals surface area (Å²) in [7, 11) is 0. The van der Waals surface area contributed by atoms with Gasteiger partial charge in [-0.15, -0.1) is 0 Å². The van der Waals surface area contributed by atoms with Gasteiger partial charge >= 0.3 is 0 Å². The largest absolute Gasteiger partial charge is 0.441 e.